The Morgan fingerprint density at radius 1 is 1.06 bits per heavy atom. The number of aromatic nitrogens is 3. The van der Waals surface area contributed by atoms with E-state index in [0.717, 1.165) is 11.3 Å². The van der Waals surface area contributed by atoms with E-state index < -0.39 is 0 Å². The van der Waals surface area contributed by atoms with Crippen LogP contribution in [0.4, 0.5) is 0 Å². The van der Waals surface area contributed by atoms with Gasteiger partial charge >= 0.3 is 0 Å². The van der Waals surface area contributed by atoms with Crippen LogP contribution in [0.3, 0.4) is 0 Å². The fraction of sp³-hybridized carbons (Fsp3) is 0.320. The van der Waals surface area contributed by atoms with Crippen molar-refractivity contribution < 1.29 is 19.0 Å². The van der Waals surface area contributed by atoms with Crippen LogP contribution in [0.2, 0.25) is 0 Å². The van der Waals surface area contributed by atoms with Crippen LogP contribution in [0.5, 0.6) is 17.2 Å². The van der Waals surface area contributed by atoms with E-state index in [2.05, 4.69) is 10.3 Å². The summed E-state index contributed by atoms with van der Waals surface area (Å²) in [5, 5.41) is 3.64. The smallest absolute Gasteiger partial charge is 0.273 e. The molecule has 34 heavy (non-hydrogen) atoms. The minimum Gasteiger partial charge on any atom is -0.493 e. The van der Waals surface area contributed by atoms with E-state index in [1.165, 1.54) is 6.07 Å². The number of ether oxygens (including phenoxy) is 3. The normalized spacial score (nSPS) is 11.2. The van der Waals surface area contributed by atoms with Crippen LogP contribution < -0.4 is 25.1 Å². The van der Waals surface area contributed by atoms with Crippen molar-refractivity contribution in [3.8, 4) is 17.2 Å². The average Bonchev–Trinajstić information content (AvgIpc) is 3.09. The highest BCUT2D eigenvalue weighted by Gasteiger charge is 2.19. The summed E-state index contributed by atoms with van der Waals surface area (Å²) in [5.41, 5.74) is 2.43. The van der Waals surface area contributed by atoms with Crippen LogP contribution in [-0.4, -0.2) is 40.4 Å². The van der Waals surface area contributed by atoms with Crippen molar-refractivity contribution in [3.63, 3.8) is 0 Å². The van der Waals surface area contributed by atoms with Gasteiger partial charge in [-0.1, -0.05) is 12.1 Å². The molecule has 9 nitrogen and oxygen atoms in total. The van der Waals surface area contributed by atoms with Gasteiger partial charge in [0.2, 0.25) is 5.91 Å². The summed E-state index contributed by atoms with van der Waals surface area (Å²) in [6.45, 7) is 6.15. The fourth-order valence-corrected chi connectivity index (χ4v) is 3.95. The molecule has 0 atom stereocenters. The van der Waals surface area contributed by atoms with Crippen molar-refractivity contribution in [1.82, 2.24) is 19.5 Å². The second-order valence-electron chi connectivity index (χ2n) is 8.24. The van der Waals surface area contributed by atoms with Crippen LogP contribution in [0.15, 0.2) is 47.3 Å². The summed E-state index contributed by atoms with van der Waals surface area (Å²) in [6.07, 6.45) is 0.100. The lowest BCUT2D eigenvalue weighted by molar-refractivity contribution is -0.122. The standard InChI is InChI=1S/C25H28N4O5/c1-15(2)34-18-8-6-17(7-9-18)13-26-24(31)14-28-20-12-22(33-5)21(32-4)11-19(20)25-27-23(30)10-16(3)29(25)28/h6-12,15H,13-14H2,1-5H3,(H,26,31). The van der Waals surface area contributed by atoms with Gasteiger partial charge in [-0.05, 0) is 44.5 Å². The molecule has 178 valence electrons. The second-order valence-corrected chi connectivity index (χ2v) is 8.24. The van der Waals surface area contributed by atoms with E-state index in [4.69, 9.17) is 14.2 Å². The molecule has 0 spiro atoms. The molecule has 0 fully saturated rings. The Bertz CT molecular complexity index is 1400. The zero-order chi connectivity index (χ0) is 24.4. The van der Waals surface area contributed by atoms with Gasteiger partial charge in [0.05, 0.1) is 25.8 Å². The first-order valence-corrected chi connectivity index (χ1v) is 11.0. The van der Waals surface area contributed by atoms with Crippen molar-refractivity contribution >= 4 is 22.5 Å². The molecular weight excluding hydrogens is 436 g/mol. The topological polar surface area (TPSA) is 96.1 Å². The molecule has 0 saturated heterocycles. The van der Waals surface area contributed by atoms with Gasteiger partial charge in [0.15, 0.2) is 17.1 Å². The Kier molecular flexibility index (Phi) is 6.45. The predicted octanol–water partition coefficient (Wildman–Crippen LogP) is 3.08. The first-order valence-electron chi connectivity index (χ1n) is 11.0. The van der Waals surface area contributed by atoms with Crippen molar-refractivity contribution in [3.05, 3.63) is 64.1 Å². The number of carbonyl (C=O) groups is 1. The summed E-state index contributed by atoms with van der Waals surface area (Å²) in [5.74, 6) is 1.63. The van der Waals surface area contributed by atoms with Crippen LogP contribution in [0.25, 0.3) is 16.6 Å². The summed E-state index contributed by atoms with van der Waals surface area (Å²) < 4.78 is 20.1. The SMILES string of the molecule is COc1cc2c(cc1OC)n(CC(=O)NCc1ccc(OC(C)C)cc1)n1c(C)cc(=O)nc21. The number of carbonyl (C=O) groups excluding carboxylic acids is 1. The molecule has 2 heterocycles. The number of rotatable bonds is 8. The Morgan fingerprint density at radius 2 is 1.74 bits per heavy atom. The summed E-state index contributed by atoms with van der Waals surface area (Å²) in [4.78, 5) is 29.2. The highest BCUT2D eigenvalue weighted by atomic mass is 16.5. The van der Waals surface area contributed by atoms with Crippen LogP contribution in [0.1, 0.15) is 25.1 Å². The molecule has 0 unspecified atom stereocenters. The monoisotopic (exact) mass is 464 g/mol. The Hall–Kier alpha value is -4.01. The van der Waals surface area contributed by atoms with E-state index in [-0.39, 0.29) is 24.1 Å². The average molecular weight is 465 g/mol. The minimum absolute atomic E-state index is 0.0232. The second kappa shape index (κ2) is 9.46. The zero-order valence-corrected chi connectivity index (χ0v) is 19.9. The number of methoxy groups -OCH3 is 2. The molecule has 0 aliphatic heterocycles. The van der Waals surface area contributed by atoms with Crippen molar-refractivity contribution in [2.45, 2.75) is 40.0 Å². The number of amides is 1. The first kappa shape index (κ1) is 23.2. The van der Waals surface area contributed by atoms with Crippen molar-refractivity contribution in [2.75, 3.05) is 14.2 Å². The third kappa shape index (κ3) is 4.54. The zero-order valence-electron chi connectivity index (χ0n) is 19.9. The third-order valence-electron chi connectivity index (χ3n) is 5.42. The van der Waals surface area contributed by atoms with Gasteiger partial charge in [0.1, 0.15) is 12.3 Å². The van der Waals surface area contributed by atoms with Gasteiger partial charge in [0, 0.05) is 29.8 Å². The van der Waals surface area contributed by atoms with E-state index >= 15 is 0 Å². The lowest BCUT2D eigenvalue weighted by atomic mass is 10.2. The largest absolute Gasteiger partial charge is 0.493 e. The van der Waals surface area contributed by atoms with Gasteiger partial charge in [-0.25, -0.2) is 4.52 Å². The molecular formula is C25H28N4O5. The number of hydrogen-bond acceptors (Lipinski definition) is 6. The molecule has 0 aliphatic carbocycles. The highest BCUT2D eigenvalue weighted by Crippen LogP contribution is 2.34. The van der Waals surface area contributed by atoms with Crippen molar-refractivity contribution in [2.24, 2.45) is 0 Å². The highest BCUT2D eigenvalue weighted by molar-refractivity contribution is 5.96. The summed E-state index contributed by atoms with van der Waals surface area (Å²) in [6, 6.07) is 12.6. The Balaban J connectivity index is 1.65. The van der Waals surface area contributed by atoms with Gasteiger partial charge in [-0.3, -0.25) is 14.3 Å². The quantitative estimate of drug-likeness (QED) is 0.431. The molecule has 1 amide bonds. The molecule has 0 bridgehead atoms. The van der Waals surface area contributed by atoms with Crippen LogP contribution >= 0.6 is 0 Å². The van der Waals surface area contributed by atoms with Gasteiger partial charge in [-0.2, -0.15) is 4.98 Å². The fourth-order valence-electron chi connectivity index (χ4n) is 3.95. The number of nitrogens with zero attached hydrogens (tertiary/aromatic N) is 3. The maximum atomic E-state index is 12.9. The molecule has 2 aromatic carbocycles. The van der Waals surface area contributed by atoms with Crippen LogP contribution in [0, 0.1) is 6.92 Å². The summed E-state index contributed by atoms with van der Waals surface area (Å²) >= 11 is 0. The molecule has 4 rings (SSSR count). The lowest BCUT2D eigenvalue weighted by Gasteiger charge is -2.13. The lowest BCUT2D eigenvalue weighted by Crippen LogP contribution is -2.29. The number of benzene rings is 2. The Labute approximate surface area is 196 Å². The minimum atomic E-state index is -0.347. The van der Waals surface area contributed by atoms with E-state index in [0.29, 0.717) is 40.3 Å². The molecule has 2 aromatic heterocycles. The third-order valence-corrected chi connectivity index (χ3v) is 5.42. The van der Waals surface area contributed by atoms with E-state index in [1.54, 1.807) is 42.5 Å². The Morgan fingerprint density at radius 3 is 2.38 bits per heavy atom. The van der Waals surface area contributed by atoms with E-state index in [9.17, 15) is 9.59 Å². The molecule has 1 N–H and O–H groups in total. The van der Waals surface area contributed by atoms with Gasteiger partial charge < -0.3 is 19.5 Å². The maximum absolute atomic E-state index is 12.9. The maximum Gasteiger partial charge on any atom is 0.273 e. The van der Waals surface area contributed by atoms with Gasteiger partial charge in [-0.15, -0.1) is 0 Å². The molecule has 0 saturated carbocycles. The molecule has 0 aliphatic rings. The molecule has 9 heteroatoms. The van der Waals surface area contributed by atoms with Crippen LogP contribution in [-0.2, 0) is 17.9 Å². The number of fused-ring (bicyclic) bond motifs is 3. The number of nitrogens with one attached hydrogen (secondary N) is 1. The number of hydrogen-bond donors (Lipinski definition) is 1. The first-order chi connectivity index (χ1) is 16.3. The predicted molar refractivity (Wildman–Crippen MR) is 129 cm³/mol. The molecule has 0 radical (unpaired) electrons. The molecule has 4 aromatic rings. The summed E-state index contributed by atoms with van der Waals surface area (Å²) in [7, 11) is 3.09. The number of aryl methyl sites for hydroxylation is 1. The van der Waals surface area contributed by atoms with Gasteiger partial charge in [0.25, 0.3) is 5.56 Å². The van der Waals surface area contributed by atoms with E-state index in [1.807, 2.05) is 38.1 Å². The van der Waals surface area contributed by atoms with Crippen molar-refractivity contribution in [1.29, 1.82) is 0 Å².